The molecule has 1 aromatic rings. The van der Waals surface area contributed by atoms with Gasteiger partial charge in [0.05, 0.1) is 12.3 Å². The Balaban J connectivity index is 2.89. The van der Waals surface area contributed by atoms with Crippen LogP contribution in [0.5, 0.6) is 0 Å². The van der Waals surface area contributed by atoms with Crippen molar-refractivity contribution in [2.45, 2.75) is 39.3 Å². The molecule has 0 spiro atoms. The SMILES string of the molecule is COCCc1c(C(=O)O)nnn1CC(=O)NC(C)(C)C. The Morgan fingerprint density at radius 3 is 2.55 bits per heavy atom. The zero-order chi connectivity index (χ0) is 15.3. The van der Waals surface area contributed by atoms with Crippen LogP contribution in [0.1, 0.15) is 37.0 Å². The maximum absolute atomic E-state index is 11.9. The molecular weight excluding hydrogens is 264 g/mol. The van der Waals surface area contributed by atoms with E-state index in [1.165, 1.54) is 11.8 Å². The first-order valence-electron chi connectivity index (χ1n) is 6.20. The number of carbonyl (C=O) groups excluding carboxylic acids is 1. The third kappa shape index (κ3) is 4.61. The largest absolute Gasteiger partial charge is 0.476 e. The van der Waals surface area contributed by atoms with E-state index in [9.17, 15) is 9.59 Å². The lowest BCUT2D eigenvalue weighted by atomic mass is 10.1. The van der Waals surface area contributed by atoms with Gasteiger partial charge < -0.3 is 15.2 Å². The van der Waals surface area contributed by atoms with Crippen LogP contribution in [0.3, 0.4) is 0 Å². The third-order valence-electron chi connectivity index (χ3n) is 2.39. The number of hydrogen-bond acceptors (Lipinski definition) is 5. The van der Waals surface area contributed by atoms with Crippen LogP contribution in [-0.2, 0) is 22.5 Å². The highest BCUT2D eigenvalue weighted by Crippen LogP contribution is 2.08. The summed E-state index contributed by atoms with van der Waals surface area (Å²) in [6.07, 6.45) is 0.327. The third-order valence-corrected chi connectivity index (χ3v) is 2.39. The Bertz CT molecular complexity index is 490. The van der Waals surface area contributed by atoms with Crippen molar-refractivity contribution in [3.8, 4) is 0 Å². The van der Waals surface area contributed by atoms with Crippen LogP contribution >= 0.6 is 0 Å². The van der Waals surface area contributed by atoms with Crippen LogP contribution in [0.4, 0.5) is 0 Å². The lowest BCUT2D eigenvalue weighted by Crippen LogP contribution is -2.42. The summed E-state index contributed by atoms with van der Waals surface area (Å²) in [7, 11) is 1.51. The monoisotopic (exact) mass is 284 g/mol. The van der Waals surface area contributed by atoms with E-state index in [1.54, 1.807) is 0 Å². The van der Waals surface area contributed by atoms with Gasteiger partial charge >= 0.3 is 5.97 Å². The Labute approximate surface area is 117 Å². The van der Waals surface area contributed by atoms with Gasteiger partial charge in [-0.15, -0.1) is 5.10 Å². The average Bonchev–Trinajstić information content (AvgIpc) is 2.66. The summed E-state index contributed by atoms with van der Waals surface area (Å²) in [4.78, 5) is 22.9. The number of amides is 1. The summed E-state index contributed by atoms with van der Waals surface area (Å²) in [5.74, 6) is -1.42. The highest BCUT2D eigenvalue weighted by Gasteiger charge is 2.21. The first kappa shape index (κ1) is 16.1. The predicted molar refractivity (Wildman–Crippen MR) is 70.5 cm³/mol. The standard InChI is InChI=1S/C12H20N4O4/c1-12(2,3)13-9(17)7-16-8(5-6-20-4)10(11(18)19)14-15-16/h5-7H2,1-4H3,(H,13,17)(H,18,19). The van der Waals surface area contributed by atoms with Crippen molar-refractivity contribution in [3.05, 3.63) is 11.4 Å². The van der Waals surface area contributed by atoms with Gasteiger partial charge in [-0.2, -0.15) is 0 Å². The zero-order valence-electron chi connectivity index (χ0n) is 12.1. The molecule has 2 N–H and O–H groups in total. The highest BCUT2D eigenvalue weighted by molar-refractivity contribution is 5.86. The van der Waals surface area contributed by atoms with Crippen molar-refractivity contribution in [1.82, 2.24) is 20.3 Å². The molecule has 0 aliphatic carbocycles. The second-order valence-electron chi connectivity index (χ2n) is 5.39. The van der Waals surface area contributed by atoms with Crippen molar-refractivity contribution >= 4 is 11.9 Å². The average molecular weight is 284 g/mol. The number of carboxylic acid groups (broad SMARTS) is 1. The van der Waals surface area contributed by atoms with Gasteiger partial charge in [-0.25, -0.2) is 9.48 Å². The number of rotatable bonds is 6. The van der Waals surface area contributed by atoms with E-state index >= 15 is 0 Å². The molecule has 0 saturated heterocycles. The summed E-state index contributed by atoms with van der Waals surface area (Å²) >= 11 is 0. The first-order valence-corrected chi connectivity index (χ1v) is 6.20. The maximum atomic E-state index is 11.9. The number of nitrogens with zero attached hydrogens (tertiary/aromatic N) is 3. The number of ether oxygens (including phenoxy) is 1. The fourth-order valence-electron chi connectivity index (χ4n) is 1.67. The van der Waals surface area contributed by atoms with Crippen LogP contribution in [0.15, 0.2) is 0 Å². The van der Waals surface area contributed by atoms with Gasteiger partial charge in [-0.3, -0.25) is 4.79 Å². The molecule has 0 bridgehead atoms. The van der Waals surface area contributed by atoms with Gasteiger partial charge in [-0.05, 0) is 20.8 Å². The van der Waals surface area contributed by atoms with Gasteiger partial charge in [0.1, 0.15) is 6.54 Å². The normalized spacial score (nSPS) is 11.4. The molecule has 8 nitrogen and oxygen atoms in total. The van der Waals surface area contributed by atoms with E-state index in [1.807, 2.05) is 20.8 Å². The molecule has 0 aromatic carbocycles. The molecule has 1 heterocycles. The Morgan fingerprint density at radius 2 is 2.05 bits per heavy atom. The van der Waals surface area contributed by atoms with E-state index in [0.717, 1.165) is 0 Å². The molecule has 0 atom stereocenters. The van der Waals surface area contributed by atoms with Crippen LogP contribution in [-0.4, -0.2) is 51.2 Å². The topological polar surface area (TPSA) is 106 Å². The maximum Gasteiger partial charge on any atom is 0.358 e. The molecule has 0 radical (unpaired) electrons. The lowest BCUT2D eigenvalue weighted by Gasteiger charge is -2.20. The van der Waals surface area contributed by atoms with Gasteiger partial charge in [0, 0.05) is 19.1 Å². The lowest BCUT2D eigenvalue weighted by molar-refractivity contribution is -0.123. The van der Waals surface area contributed by atoms with E-state index in [4.69, 9.17) is 9.84 Å². The van der Waals surface area contributed by atoms with Gasteiger partial charge in [0.15, 0.2) is 5.69 Å². The molecule has 1 amide bonds. The summed E-state index contributed by atoms with van der Waals surface area (Å²) < 4.78 is 6.22. The fourth-order valence-corrected chi connectivity index (χ4v) is 1.67. The molecule has 0 fully saturated rings. The van der Waals surface area contributed by atoms with E-state index in [2.05, 4.69) is 15.6 Å². The van der Waals surface area contributed by atoms with Crippen molar-refractivity contribution in [3.63, 3.8) is 0 Å². The summed E-state index contributed by atoms with van der Waals surface area (Å²) in [5.41, 5.74) is -0.131. The minimum absolute atomic E-state index is 0.0728. The Hall–Kier alpha value is -1.96. The molecule has 20 heavy (non-hydrogen) atoms. The van der Waals surface area contributed by atoms with Crippen molar-refractivity contribution in [1.29, 1.82) is 0 Å². The van der Waals surface area contributed by atoms with Gasteiger partial charge in [0.25, 0.3) is 0 Å². The molecule has 1 aromatic heterocycles. The minimum atomic E-state index is -1.17. The first-order chi connectivity index (χ1) is 9.24. The summed E-state index contributed by atoms with van der Waals surface area (Å²) in [6, 6.07) is 0. The van der Waals surface area contributed by atoms with E-state index in [-0.39, 0.29) is 23.7 Å². The summed E-state index contributed by atoms with van der Waals surface area (Å²) in [6.45, 7) is 5.84. The quantitative estimate of drug-likeness (QED) is 0.766. The Morgan fingerprint density at radius 1 is 1.40 bits per heavy atom. The van der Waals surface area contributed by atoms with Crippen LogP contribution in [0, 0.1) is 0 Å². The van der Waals surface area contributed by atoms with Gasteiger partial charge in [0.2, 0.25) is 5.91 Å². The zero-order valence-corrected chi connectivity index (χ0v) is 12.1. The summed E-state index contributed by atoms with van der Waals surface area (Å²) in [5, 5.41) is 19.2. The minimum Gasteiger partial charge on any atom is -0.476 e. The molecule has 112 valence electrons. The van der Waals surface area contributed by atoms with Gasteiger partial charge in [-0.1, -0.05) is 5.21 Å². The molecule has 8 heteroatoms. The molecule has 0 saturated carbocycles. The van der Waals surface area contributed by atoms with E-state index in [0.29, 0.717) is 18.7 Å². The number of carboxylic acids is 1. The molecule has 0 aliphatic heterocycles. The molecule has 1 rings (SSSR count). The fraction of sp³-hybridized carbons (Fsp3) is 0.667. The van der Waals surface area contributed by atoms with Crippen molar-refractivity contribution < 1.29 is 19.4 Å². The molecular formula is C12H20N4O4. The predicted octanol–water partition coefficient (Wildman–Crippen LogP) is 0.0799. The second-order valence-corrected chi connectivity index (χ2v) is 5.39. The van der Waals surface area contributed by atoms with E-state index < -0.39 is 5.97 Å². The number of carbonyl (C=O) groups is 2. The number of nitrogens with one attached hydrogen (secondary N) is 1. The van der Waals surface area contributed by atoms with Crippen LogP contribution in [0.25, 0.3) is 0 Å². The van der Waals surface area contributed by atoms with Crippen molar-refractivity contribution in [2.75, 3.05) is 13.7 Å². The van der Waals surface area contributed by atoms with Crippen LogP contribution in [0.2, 0.25) is 0 Å². The number of aromatic nitrogens is 3. The van der Waals surface area contributed by atoms with Crippen LogP contribution < -0.4 is 5.32 Å². The number of aromatic carboxylic acids is 1. The number of hydrogen-bond donors (Lipinski definition) is 2. The smallest absolute Gasteiger partial charge is 0.358 e. The van der Waals surface area contributed by atoms with Crippen molar-refractivity contribution in [2.24, 2.45) is 0 Å². The highest BCUT2D eigenvalue weighted by atomic mass is 16.5. The number of methoxy groups -OCH3 is 1. The Kier molecular flexibility index (Phi) is 5.20. The molecule has 0 unspecified atom stereocenters. The second kappa shape index (κ2) is 6.47. The molecule has 0 aliphatic rings.